The van der Waals surface area contributed by atoms with Gasteiger partial charge in [-0.3, -0.25) is 14.4 Å². The third kappa shape index (κ3) is 7.81. The Kier molecular flexibility index (Phi) is 10.5. The quantitative estimate of drug-likeness (QED) is 0.366. The van der Waals surface area contributed by atoms with E-state index in [2.05, 4.69) is 25.9 Å². The van der Waals surface area contributed by atoms with Gasteiger partial charge in [0.2, 0.25) is 11.8 Å². The molecule has 46 heavy (non-hydrogen) atoms. The molecule has 16 heteroatoms. The van der Waals surface area contributed by atoms with Crippen molar-refractivity contribution in [2.45, 2.75) is 52.2 Å². The number of oxazole rings is 1. The fourth-order valence-electron chi connectivity index (χ4n) is 5.32. The molecule has 0 radical (unpaired) electrons. The molecule has 3 amide bonds. The number of aryl methyl sites for hydroxylation is 1. The van der Waals surface area contributed by atoms with Crippen LogP contribution in [0, 0.1) is 12.8 Å². The van der Waals surface area contributed by atoms with Crippen LogP contribution in [0.2, 0.25) is 0 Å². The highest BCUT2D eigenvalue weighted by Crippen LogP contribution is 2.25. The van der Waals surface area contributed by atoms with Crippen molar-refractivity contribution < 1.29 is 32.0 Å². The lowest BCUT2D eigenvalue weighted by molar-refractivity contribution is -0.122. The number of carbonyl (C=O) groups excluding carboxylic acids is 3. The number of carbonyl (C=O) groups is 3. The largest absolute Gasteiger partial charge is 0.443 e. The summed E-state index contributed by atoms with van der Waals surface area (Å²) in [5, 5.41) is 10.8. The Labute approximate surface area is 272 Å². The lowest BCUT2D eigenvalue weighted by Crippen LogP contribution is -2.55. The zero-order chi connectivity index (χ0) is 33.0. The third-order valence-electron chi connectivity index (χ3n) is 7.78. The second kappa shape index (κ2) is 14.4. The molecule has 2 aliphatic heterocycles. The molecule has 0 spiro atoms. The zero-order valence-corrected chi connectivity index (χ0v) is 27.8. The van der Waals surface area contributed by atoms with Gasteiger partial charge in [0.25, 0.3) is 22.0 Å². The molecular formula is C30H39N7O7S2. The van der Waals surface area contributed by atoms with Crippen molar-refractivity contribution >= 4 is 39.3 Å². The fourth-order valence-corrected chi connectivity index (χ4v) is 7.71. The van der Waals surface area contributed by atoms with E-state index in [0.29, 0.717) is 11.4 Å². The molecule has 3 atom stereocenters. The number of nitrogens with one attached hydrogen (secondary N) is 3. The Hall–Kier alpha value is -3.70. The number of ether oxygens (including phenoxy) is 1. The van der Waals surface area contributed by atoms with Crippen LogP contribution in [-0.4, -0.2) is 90.2 Å². The predicted octanol–water partition coefficient (Wildman–Crippen LogP) is 1.98. The maximum atomic E-state index is 14.0. The monoisotopic (exact) mass is 673 g/mol. The standard InChI is InChI=1S/C30H39N7O7S2/c1-18(2)25-29-35-26(20(4)44-29)28(40)31-19(3)30-33-23(17-45-30)27(39)32-22(14-21-8-6-5-7-9-21)15-37(16-24(38)34-25)46(41,42)36-10-12-43-13-11-36/h5-9,17-19,22,25H,10-16H2,1-4H3,(H,31,40)(H,32,39)(H,34,38)/t19-,22-,25+/m1/s1. The lowest BCUT2D eigenvalue weighted by Gasteiger charge is -2.34. The van der Waals surface area contributed by atoms with Crippen molar-refractivity contribution in [2.24, 2.45) is 5.92 Å². The summed E-state index contributed by atoms with van der Waals surface area (Å²) in [4.78, 5) is 49.3. The highest BCUT2D eigenvalue weighted by atomic mass is 32.2. The van der Waals surface area contributed by atoms with Gasteiger partial charge in [0, 0.05) is 31.1 Å². The molecule has 4 heterocycles. The first-order valence-electron chi connectivity index (χ1n) is 15.1. The summed E-state index contributed by atoms with van der Waals surface area (Å²) in [6.07, 6.45) is 0.291. The van der Waals surface area contributed by atoms with Gasteiger partial charge in [0.05, 0.1) is 25.8 Å². The molecule has 0 aliphatic carbocycles. The van der Waals surface area contributed by atoms with E-state index in [1.54, 1.807) is 19.2 Å². The molecule has 1 aromatic carbocycles. The first-order chi connectivity index (χ1) is 21.9. The third-order valence-corrected chi connectivity index (χ3v) is 10.8. The summed E-state index contributed by atoms with van der Waals surface area (Å²) in [7, 11) is -4.17. The summed E-state index contributed by atoms with van der Waals surface area (Å²) in [5.74, 6) is -1.42. The van der Waals surface area contributed by atoms with E-state index in [0.717, 1.165) is 9.87 Å². The number of amides is 3. The van der Waals surface area contributed by atoms with E-state index in [4.69, 9.17) is 9.15 Å². The summed E-state index contributed by atoms with van der Waals surface area (Å²) in [6.45, 7) is 7.05. The minimum Gasteiger partial charge on any atom is -0.443 e. The van der Waals surface area contributed by atoms with Crippen molar-refractivity contribution in [2.75, 3.05) is 39.4 Å². The summed E-state index contributed by atoms with van der Waals surface area (Å²) in [6, 6.07) is 7.33. The van der Waals surface area contributed by atoms with Crippen LogP contribution in [0.3, 0.4) is 0 Å². The van der Waals surface area contributed by atoms with Gasteiger partial charge in [-0.1, -0.05) is 44.2 Å². The number of hydrogen-bond acceptors (Lipinski definition) is 10. The Morgan fingerprint density at radius 2 is 1.72 bits per heavy atom. The Morgan fingerprint density at radius 1 is 1.00 bits per heavy atom. The average Bonchev–Trinajstić information content (AvgIpc) is 3.67. The molecule has 14 nitrogen and oxygen atoms in total. The zero-order valence-electron chi connectivity index (χ0n) is 26.2. The van der Waals surface area contributed by atoms with E-state index >= 15 is 0 Å². The molecule has 3 aromatic rings. The van der Waals surface area contributed by atoms with Crippen molar-refractivity contribution in [1.82, 2.24) is 34.5 Å². The molecule has 1 saturated heterocycles. The van der Waals surface area contributed by atoms with Gasteiger partial charge in [-0.25, -0.2) is 9.97 Å². The molecular weight excluding hydrogens is 635 g/mol. The van der Waals surface area contributed by atoms with Crippen LogP contribution in [0.25, 0.3) is 0 Å². The van der Waals surface area contributed by atoms with Crippen molar-refractivity contribution in [3.63, 3.8) is 0 Å². The first kappa shape index (κ1) is 33.7. The second-order valence-electron chi connectivity index (χ2n) is 11.7. The van der Waals surface area contributed by atoms with Gasteiger partial charge in [-0.15, -0.1) is 11.3 Å². The molecule has 0 saturated carbocycles. The van der Waals surface area contributed by atoms with Crippen molar-refractivity contribution in [3.8, 4) is 0 Å². The Bertz CT molecular complexity index is 1650. The fraction of sp³-hybridized carbons (Fsp3) is 0.500. The highest BCUT2D eigenvalue weighted by molar-refractivity contribution is 7.86. The highest BCUT2D eigenvalue weighted by Gasteiger charge is 2.36. The number of hydrogen-bond donors (Lipinski definition) is 3. The molecule has 2 aromatic heterocycles. The molecule has 2 aliphatic rings. The van der Waals surface area contributed by atoms with Gasteiger partial charge < -0.3 is 25.1 Å². The Morgan fingerprint density at radius 3 is 2.41 bits per heavy atom. The first-order valence-corrected chi connectivity index (χ1v) is 17.4. The summed E-state index contributed by atoms with van der Waals surface area (Å²) >= 11 is 1.21. The number of aromatic nitrogens is 2. The number of morpholine rings is 1. The summed E-state index contributed by atoms with van der Waals surface area (Å²) < 4.78 is 41.7. The van der Waals surface area contributed by atoms with Crippen LogP contribution in [0.1, 0.15) is 76.1 Å². The van der Waals surface area contributed by atoms with Gasteiger partial charge in [-0.05, 0) is 31.7 Å². The lowest BCUT2D eigenvalue weighted by atomic mass is 10.0. The van der Waals surface area contributed by atoms with Gasteiger partial charge >= 0.3 is 0 Å². The van der Waals surface area contributed by atoms with E-state index in [1.807, 2.05) is 44.2 Å². The molecule has 1 fully saturated rings. The summed E-state index contributed by atoms with van der Waals surface area (Å²) in [5.41, 5.74) is 1.05. The minimum absolute atomic E-state index is 0.0534. The smallest absolute Gasteiger partial charge is 0.282 e. The van der Waals surface area contributed by atoms with Crippen LogP contribution in [-0.2, 0) is 26.2 Å². The number of nitrogens with zero attached hydrogens (tertiary/aromatic N) is 4. The van der Waals surface area contributed by atoms with Crippen molar-refractivity contribution in [1.29, 1.82) is 0 Å². The number of fused-ring (bicyclic) bond motifs is 4. The van der Waals surface area contributed by atoms with Gasteiger partial charge in [0.1, 0.15) is 22.5 Å². The van der Waals surface area contributed by atoms with Crippen LogP contribution in [0.4, 0.5) is 0 Å². The van der Waals surface area contributed by atoms with Crippen LogP contribution in [0.15, 0.2) is 40.1 Å². The minimum atomic E-state index is -4.17. The SMILES string of the molecule is Cc1oc2nc1C(=O)N[C@H](C)c1nc(cs1)C(=O)N[C@H](Cc1ccccc1)CN(S(=O)(=O)N1CCOCC1)CC(=O)N[C@H]2C(C)C. The van der Waals surface area contributed by atoms with E-state index in [1.165, 1.54) is 15.6 Å². The van der Waals surface area contributed by atoms with E-state index < -0.39 is 52.6 Å². The molecule has 0 unspecified atom stereocenters. The van der Waals surface area contributed by atoms with Crippen LogP contribution in [0.5, 0.6) is 0 Å². The van der Waals surface area contributed by atoms with Gasteiger partial charge in [0.15, 0.2) is 5.69 Å². The van der Waals surface area contributed by atoms with E-state index in [9.17, 15) is 22.8 Å². The van der Waals surface area contributed by atoms with Crippen LogP contribution < -0.4 is 16.0 Å². The second-order valence-corrected chi connectivity index (χ2v) is 14.5. The number of benzene rings is 1. The molecule has 4 bridgehead atoms. The maximum Gasteiger partial charge on any atom is 0.282 e. The maximum absolute atomic E-state index is 14.0. The average molecular weight is 674 g/mol. The number of thiazole rings is 1. The molecule has 248 valence electrons. The number of rotatable bonds is 5. The van der Waals surface area contributed by atoms with Crippen LogP contribution >= 0.6 is 11.3 Å². The predicted molar refractivity (Wildman–Crippen MR) is 169 cm³/mol. The molecule has 5 rings (SSSR count). The topological polar surface area (TPSA) is 176 Å². The Balaban J connectivity index is 1.55. The molecule has 3 N–H and O–H groups in total. The van der Waals surface area contributed by atoms with Crippen molar-refractivity contribution in [3.05, 3.63) is 69.3 Å². The normalized spacial score (nSPS) is 22.9. The van der Waals surface area contributed by atoms with Gasteiger partial charge in [-0.2, -0.15) is 17.0 Å². The van der Waals surface area contributed by atoms with E-state index in [-0.39, 0.29) is 61.8 Å².